The Hall–Kier alpha value is -3.79. The number of aromatic nitrogens is 5. The Morgan fingerprint density at radius 3 is 2.46 bits per heavy atom. The van der Waals surface area contributed by atoms with Gasteiger partial charge in [0.05, 0.1) is 18.2 Å². The van der Waals surface area contributed by atoms with E-state index in [0.717, 1.165) is 21.9 Å². The summed E-state index contributed by atoms with van der Waals surface area (Å²) in [5.41, 5.74) is 1.82. The van der Waals surface area contributed by atoms with Crippen molar-refractivity contribution in [3.05, 3.63) is 73.7 Å². The van der Waals surface area contributed by atoms with Crippen molar-refractivity contribution in [2.24, 2.45) is 0 Å². The van der Waals surface area contributed by atoms with Crippen molar-refractivity contribution in [3.8, 4) is 17.3 Å². The first-order valence-electron chi connectivity index (χ1n) is 11.3. The highest BCUT2D eigenvalue weighted by Crippen LogP contribution is 2.30. The maximum atomic E-state index is 15.4. The molecule has 9 nitrogen and oxygen atoms in total. The SMILES string of the molecule is CCn1c(CO)nn(-c2cc3c(C(C)C)cn(-c4c(C)cnc(OC)c4C)c(=O)c3cc2F)c1=O. The third-order valence-corrected chi connectivity index (χ3v) is 6.22. The molecule has 4 aromatic rings. The van der Waals surface area contributed by atoms with Crippen LogP contribution in [-0.4, -0.2) is 36.1 Å². The quantitative estimate of drug-likeness (QED) is 0.454. The van der Waals surface area contributed by atoms with Crippen LogP contribution in [0.1, 0.15) is 49.2 Å². The van der Waals surface area contributed by atoms with Gasteiger partial charge in [-0.1, -0.05) is 13.8 Å². The lowest BCUT2D eigenvalue weighted by Crippen LogP contribution is -2.25. The number of aliphatic hydroxyl groups is 1. The minimum absolute atomic E-state index is 0.0232. The van der Waals surface area contributed by atoms with Crippen molar-refractivity contribution in [2.45, 2.75) is 53.7 Å². The third-order valence-electron chi connectivity index (χ3n) is 6.22. The van der Waals surface area contributed by atoms with Crippen molar-refractivity contribution < 1.29 is 14.2 Å². The highest BCUT2D eigenvalue weighted by Gasteiger charge is 2.22. The van der Waals surface area contributed by atoms with Gasteiger partial charge in [0.2, 0.25) is 5.88 Å². The molecular weight excluding hydrogens is 453 g/mol. The van der Waals surface area contributed by atoms with Gasteiger partial charge >= 0.3 is 5.69 Å². The van der Waals surface area contributed by atoms with E-state index in [1.807, 2.05) is 27.7 Å². The number of nitrogens with zero attached hydrogens (tertiary/aromatic N) is 5. The minimum Gasteiger partial charge on any atom is -0.481 e. The van der Waals surface area contributed by atoms with Gasteiger partial charge in [0, 0.05) is 24.5 Å². The predicted octanol–water partition coefficient (Wildman–Crippen LogP) is 3.13. The molecule has 4 rings (SSSR count). The van der Waals surface area contributed by atoms with Crippen LogP contribution in [0.15, 0.2) is 34.1 Å². The van der Waals surface area contributed by atoms with Gasteiger partial charge in [-0.05, 0) is 55.3 Å². The summed E-state index contributed by atoms with van der Waals surface area (Å²) in [4.78, 5) is 30.7. The fourth-order valence-electron chi connectivity index (χ4n) is 4.48. The van der Waals surface area contributed by atoms with Crippen molar-refractivity contribution in [2.75, 3.05) is 7.11 Å². The van der Waals surface area contributed by atoms with E-state index >= 15 is 4.39 Å². The number of pyridine rings is 2. The summed E-state index contributed by atoms with van der Waals surface area (Å²) >= 11 is 0. The normalized spacial score (nSPS) is 11.6. The summed E-state index contributed by atoms with van der Waals surface area (Å²) in [6.45, 7) is 9.17. The second-order valence-electron chi connectivity index (χ2n) is 8.70. The molecule has 0 saturated heterocycles. The van der Waals surface area contributed by atoms with Gasteiger partial charge in [0.25, 0.3) is 5.56 Å². The molecule has 0 aliphatic rings. The number of rotatable bonds is 6. The minimum atomic E-state index is -0.768. The van der Waals surface area contributed by atoms with E-state index in [1.165, 1.54) is 22.3 Å². The number of aliphatic hydroxyl groups excluding tert-OH is 1. The van der Waals surface area contributed by atoms with E-state index in [2.05, 4.69) is 10.1 Å². The summed E-state index contributed by atoms with van der Waals surface area (Å²) < 4.78 is 24.5. The van der Waals surface area contributed by atoms with E-state index in [4.69, 9.17) is 4.74 Å². The largest absolute Gasteiger partial charge is 0.481 e. The first-order chi connectivity index (χ1) is 16.6. The number of halogens is 1. The predicted molar refractivity (Wildman–Crippen MR) is 130 cm³/mol. The molecule has 10 heteroatoms. The highest BCUT2D eigenvalue weighted by atomic mass is 19.1. The molecule has 0 saturated carbocycles. The molecule has 35 heavy (non-hydrogen) atoms. The summed E-state index contributed by atoms with van der Waals surface area (Å²) in [5, 5.41) is 14.4. The first-order valence-corrected chi connectivity index (χ1v) is 11.3. The van der Waals surface area contributed by atoms with Gasteiger partial charge in [-0.2, -0.15) is 4.68 Å². The Labute approximate surface area is 201 Å². The van der Waals surface area contributed by atoms with Crippen molar-refractivity contribution >= 4 is 10.8 Å². The monoisotopic (exact) mass is 481 g/mol. The number of hydrogen-bond acceptors (Lipinski definition) is 6. The molecule has 0 spiro atoms. The lowest BCUT2D eigenvalue weighted by atomic mass is 9.97. The molecule has 1 N–H and O–H groups in total. The molecule has 0 bridgehead atoms. The number of ether oxygens (including phenoxy) is 1. The average molecular weight is 482 g/mol. The average Bonchev–Trinajstić information content (AvgIpc) is 3.15. The van der Waals surface area contributed by atoms with Crippen LogP contribution >= 0.6 is 0 Å². The van der Waals surface area contributed by atoms with Crippen LogP contribution in [0.5, 0.6) is 5.88 Å². The summed E-state index contributed by atoms with van der Waals surface area (Å²) in [7, 11) is 1.51. The molecule has 0 amide bonds. The van der Waals surface area contributed by atoms with Crippen LogP contribution in [0.3, 0.4) is 0 Å². The zero-order valence-corrected chi connectivity index (χ0v) is 20.6. The lowest BCUT2D eigenvalue weighted by Gasteiger charge is -2.19. The van der Waals surface area contributed by atoms with Crippen LogP contribution in [0, 0.1) is 19.7 Å². The van der Waals surface area contributed by atoms with Crippen LogP contribution in [0.2, 0.25) is 0 Å². The van der Waals surface area contributed by atoms with Crippen LogP contribution < -0.4 is 16.0 Å². The third kappa shape index (κ3) is 3.83. The molecule has 0 unspecified atom stereocenters. The van der Waals surface area contributed by atoms with Crippen LogP contribution in [-0.2, 0) is 13.2 Å². The van der Waals surface area contributed by atoms with E-state index < -0.39 is 23.7 Å². The van der Waals surface area contributed by atoms with Gasteiger partial charge in [0.15, 0.2) is 5.82 Å². The zero-order valence-electron chi connectivity index (χ0n) is 20.6. The van der Waals surface area contributed by atoms with Gasteiger partial charge in [0.1, 0.15) is 18.1 Å². The molecular formula is C25H28FN5O4. The maximum absolute atomic E-state index is 15.4. The summed E-state index contributed by atoms with van der Waals surface area (Å²) in [5.74, 6) is -0.259. The van der Waals surface area contributed by atoms with Crippen molar-refractivity contribution in [3.63, 3.8) is 0 Å². The van der Waals surface area contributed by atoms with E-state index in [1.54, 1.807) is 19.3 Å². The number of methoxy groups -OCH3 is 1. The molecule has 0 atom stereocenters. The molecule has 184 valence electrons. The lowest BCUT2D eigenvalue weighted by molar-refractivity contribution is 0.264. The van der Waals surface area contributed by atoms with Gasteiger partial charge in [-0.15, -0.1) is 5.10 Å². The second-order valence-corrected chi connectivity index (χ2v) is 8.70. The molecule has 3 aromatic heterocycles. The van der Waals surface area contributed by atoms with Crippen LogP contribution in [0.4, 0.5) is 4.39 Å². The molecule has 1 aromatic carbocycles. The molecule has 3 heterocycles. The van der Waals surface area contributed by atoms with Gasteiger partial charge in [-0.3, -0.25) is 13.9 Å². The Morgan fingerprint density at radius 2 is 1.89 bits per heavy atom. The maximum Gasteiger partial charge on any atom is 0.350 e. The molecule has 0 fully saturated rings. The second kappa shape index (κ2) is 9.10. The van der Waals surface area contributed by atoms with Crippen molar-refractivity contribution in [1.29, 1.82) is 0 Å². The Morgan fingerprint density at radius 1 is 1.17 bits per heavy atom. The molecule has 0 aliphatic heterocycles. The number of benzene rings is 1. The number of aryl methyl sites for hydroxylation is 1. The van der Waals surface area contributed by atoms with E-state index in [-0.39, 0.29) is 29.4 Å². The molecule has 0 radical (unpaired) electrons. The highest BCUT2D eigenvalue weighted by molar-refractivity contribution is 5.87. The van der Waals surface area contributed by atoms with E-state index in [9.17, 15) is 14.7 Å². The van der Waals surface area contributed by atoms with Gasteiger partial charge in [-0.25, -0.2) is 14.2 Å². The van der Waals surface area contributed by atoms with Gasteiger partial charge < -0.3 is 9.84 Å². The Balaban J connectivity index is 2.08. The fourth-order valence-corrected chi connectivity index (χ4v) is 4.48. The Bertz CT molecular complexity index is 1570. The summed E-state index contributed by atoms with van der Waals surface area (Å²) in [6.07, 6.45) is 3.38. The first kappa shape index (κ1) is 24.3. The standard InChI is InChI=1S/C25H28FN5O4/c1-7-29-21(12-32)28-31(25(29)34)20-9-16-17(8-19(20)26)24(33)30(11-18(16)13(2)3)22-14(4)10-27-23(35-6)15(22)5/h8-11,13,32H,7,12H2,1-6H3. The van der Waals surface area contributed by atoms with E-state index in [0.29, 0.717) is 22.5 Å². The topological polar surface area (TPSA) is 104 Å². The van der Waals surface area contributed by atoms with Crippen LogP contribution in [0.25, 0.3) is 22.1 Å². The number of fused-ring (bicyclic) bond motifs is 1. The fraction of sp³-hybridized carbons (Fsp3) is 0.360. The molecule has 0 aliphatic carbocycles. The number of hydrogen-bond donors (Lipinski definition) is 1. The summed E-state index contributed by atoms with van der Waals surface area (Å²) in [6, 6.07) is 2.63. The zero-order chi connectivity index (χ0) is 25.6. The van der Waals surface area contributed by atoms with Crippen molar-refractivity contribution in [1.82, 2.24) is 23.9 Å². The Kier molecular flexibility index (Phi) is 6.33. The smallest absolute Gasteiger partial charge is 0.350 e.